The zero-order chi connectivity index (χ0) is 13.4. The van der Waals surface area contributed by atoms with Gasteiger partial charge in [-0.3, -0.25) is 4.79 Å². The molecule has 0 unspecified atom stereocenters. The van der Waals surface area contributed by atoms with E-state index >= 15 is 0 Å². The summed E-state index contributed by atoms with van der Waals surface area (Å²) in [4.78, 5) is 29.8. The molecule has 6 nitrogen and oxygen atoms in total. The zero-order valence-electron chi connectivity index (χ0n) is 9.54. The fraction of sp³-hybridized carbons (Fsp3) is 0.0833. The first kappa shape index (κ1) is 11.7. The van der Waals surface area contributed by atoms with E-state index in [2.05, 4.69) is 9.97 Å². The molecule has 0 bridgehead atoms. The molecule has 0 amide bonds. The Labute approximate surface area is 110 Å². The molecule has 7 heteroatoms. The highest BCUT2D eigenvalue weighted by molar-refractivity contribution is 7.20. The van der Waals surface area contributed by atoms with Gasteiger partial charge in [-0.15, -0.1) is 11.3 Å². The number of rotatable bonds is 3. The number of fused-ring (bicyclic) bond motifs is 1. The minimum atomic E-state index is -1.06. The van der Waals surface area contributed by atoms with Crippen LogP contribution in [-0.2, 0) is 6.42 Å². The molecular formula is C12H8N2O4S. The molecule has 0 atom stereocenters. The molecule has 0 radical (unpaired) electrons. The van der Waals surface area contributed by atoms with Crippen LogP contribution in [0.3, 0.4) is 0 Å². The molecule has 0 aliphatic carbocycles. The van der Waals surface area contributed by atoms with Crippen LogP contribution >= 0.6 is 11.3 Å². The quantitative estimate of drug-likeness (QED) is 0.761. The fourth-order valence-electron chi connectivity index (χ4n) is 1.76. The maximum absolute atomic E-state index is 11.9. The number of aromatic carboxylic acids is 1. The highest BCUT2D eigenvalue weighted by Crippen LogP contribution is 2.21. The first-order valence-corrected chi connectivity index (χ1v) is 6.22. The van der Waals surface area contributed by atoms with Crippen molar-refractivity contribution in [1.29, 1.82) is 0 Å². The standard InChI is InChI=1S/C12H8N2O4S/c15-11-10-7(4-8(19-10)12(16)17)13-9(14-11)3-6-1-2-18-5-6/h1-2,4-5H,3H2,(H,16,17)(H,13,14,15). The van der Waals surface area contributed by atoms with Crippen LogP contribution in [0.2, 0.25) is 0 Å². The number of nitrogens with zero attached hydrogens (tertiary/aromatic N) is 1. The van der Waals surface area contributed by atoms with E-state index in [1.54, 1.807) is 18.6 Å². The average Bonchev–Trinajstić information content (AvgIpc) is 2.97. The lowest BCUT2D eigenvalue weighted by atomic mass is 10.2. The van der Waals surface area contributed by atoms with Crippen LogP contribution in [0.25, 0.3) is 10.2 Å². The number of thiophene rings is 1. The van der Waals surface area contributed by atoms with Crippen LogP contribution in [0.1, 0.15) is 21.1 Å². The molecule has 0 aliphatic heterocycles. The summed E-state index contributed by atoms with van der Waals surface area (Å²) in [7, 11) is 0. The predicted octanol–water partition coefficient (Wildman–Crippen LogP) is 1.87. The van der Waals surface area contributed by atoms with Crippen molar-refractivity contribution in [2.75, 3.05) is 0 Å². The van der Waals surface area contributed by atoms with Gasteiger partial charge in [0.2, 0.25) is 0 Å². The molecule has 3 rings (SSSR count). The molecule has 0 saturated carbocycles. The van der Waals surface area contributed by atoms with E-state index in [4.69, 9.17) is 9.52 Å². The largest absolute Gasteiger partial charge is 0.477 e. The number of carboxylic acid groups (broad SMARTS) is 1. The number of nitrogens with one attached hydrogen (secondary N) is 1. The van der Waals surface area contributed by atoms with Crippen molar-refractivity contribution in [3.05, 3.63) is 51.3 Å². The summed E-state index contributed by atoms with van der Waals surface area (Å²) in [6, 6.07) is 3.19. The van der Waals surface area contributed by atoms with Gasteiger partial charge in [0.1, 0.15) is 15.4 Å². The first-order valence-electron chi connectivity index (χ1n) is 5.40. The maximum atomic E-state index is 11.9. The fourth-order valence-corrected chi connectivity index (χ4v) is 2.59. The molecule has 3 aromatic heterocycles. The van der Waals surface area contributed by atoms with Gasteiger partial charge in [0.05, 0.1) is 18.0 Å². The minimum Gasteiger partial charge on any atom is -0.477 e. The van der Waals surface area contributed by atoms with Crippen molar-refractivity contribution in [2.24, 2.45) is 0 Å². The van der Waals surface area contributed by atoms with Crippen LogP contribution < -0.4 is 5.56 Å². The molecule has 2 N–H and O–H groups in total. The van der Waals surface area contributed by atoms with Gasteiger partial charge in [0.25, 0.3) is 5.56 Å². The van der Waals surface area contributed by atoms with Crippen molar-refractivity contribution < 1.29 is 14.3 Å². The topological polar surface area (TPSA) is 96.2 Å². The summed E-state index contributed by atoms with van der Waals surface area (Å²) in [5.74, 6) is -0.576. The van der Waals surface area contributed by atoms with Gasteiger partial charge in [-0.2, -0.15) is 0 Å². The molecule has 0 aromatic carbocycles. The van der Waals surface area contributed by atoms with E-state index in [9.17, 15) is 9.59 Å². The SMILES string of the molecule is O=C(O)c1cc2nc(Cc3ccoc3)[nH]c(=O)c2s1. The highest BCUT2D eigenvalue weighted by atomic mass is 32.1. The molecule has 0 spiro atoms. The van der Waals surface area contributed by atoms with Gasteiger partial charge in [-0.25, -0.2) is 9.78 Å². The molecular weight excluding hydrogens is 268 g/mol. The van der Waals surface area contributed by atoms with E-state index in [0.717, 1.165) is 16.9 Å². The number of hydrogen-bond donors (Lipinski definition) is 2. The summed E-state index contributed by atoms with van der Waals surface area (Å²) in [6.45, 7) is 0. The number of aromatic nitrogens is 2. The summed E-state index contributed by atoms with van der Waals surface area (Å²) in [6.07, 6.45) is 3.54. The predicted molar refractivity (Wildman–Crippen MR) is 68.7 cm³/mol. The van der Waals surface area contributed by atoms with Crippen molar-refractivity contribution in [3.8, 4) is 0 Å². The second kappa shape index (κ2) is 4.36. The lowest BCUT2D eigenvalue weighted by molar-refractivity contribution is 0.0702. The van der Waals surface area contributed by atoms with E-state index in [0.29, 0.717) is 22.5 Å². The maximum Gasteiger partial charge on any atom is 0.345 e. The van der Waals surface area contributed by atoms with Crippen LogP contribution in [0.4, 0.5) is 0 Å². The molecule has 96 valence electrons. The lowest BCUT2D eigenvalue weighted by Crippen LogP contribution is -2.10. The number of furan rings is 1. The Kier molecular flexibility index (Phi) is 2.68. The third-order valence-electron chi connectivity index (χ3n) is 2.59. The summed E-state index contributed by atoms with van der Waals surface area (Å²) < 4.78 is 5.27. The Hall–Kier alpha value is -2.41. The van der Waals surface area contributed by atoms with Crippen LogP contribution in [0.5, 0.6) is 0 Å². The summed E-state index contributed by atoms with van der Waals surface area (Å²) >= 11 is 0.924. The van der Waals surface area contributed by atoms with Crippen LogP contribution in [0.15, 0.2) is 33.9 Å². The van der Waals surface area contributed by atoms with E-state index < -0.39 is 5.97 Å². The van der Waals surface area contributed by atoms with Crippen molar-refractivity contribution in [2.45, 2.75) is 6.42 Å². The number of carbonyl (C=O) groups is 1. The Morgan fingerprint density at radius 3 is 3.05 bits per heavy atom. The Morgan fingerprint density at radius 1 is 1.53 bits per heavy atom. The van der Waals surface area contributed by atoms with Gasteiger partial charge in [-0.05, 0) is 17.7 Å². The van der Waals surface area contributed by atoms with Gasteiger partial charge in [0.15, 0.2) is 0 Å². The Morgan fingerprint density at radius 2 is 2.37 bits per heavy atom. The summed E-state index contributed by atoms with van der Waals surface area (Å²) in [5, 5.41) is 8.91. The zero-order valence-corrected chi connectivity index (χ0v) is 10.4. The monoisotopic (exact) mass is 276 g/mol. The Balaban J connectivity index is 2.08. The first-order chi connectivity index (χ1) is 9.13. The highest BCUT2D eigenvalue weighted by Gasteiger charge is 2.13. The minimum absolute atomic E-state index is 0.105. The van der Waals surface area contributed by atoms with E-state index in [1.165, 1.54) is 6.07 Å². The second-order valence-electron chi connectivity index (χ2n) is 3.95. The van der Waals surface area contributed by atoms with Gasteiger partial charge >= 0.3 is 5.97 Å². The number of hydrogen-bond acceptors (Lipinski definition) is 5. The van der Waals surface area contributed by atoms with Crippen molar-refractivity contribution in [3.63, 3.8) is 0 Å². The molecule has 0 fully saturated rings. The molecule has 19 heavy (non-hydrogen) atoms. The van der Waals surface area contributed by atoms with E-state index in [-0.39, 0.29) is 10.4 Å². The molecule has 0 aliphatic rings. The molecule has 3 aromatic rings. The number of aromatic amines is 1. The van der Waals surface area contributed by atoms with Crippen molar-refractivity contribution >= 4 is 27.5 Å². The Bertz CT molecular complexity index is 801. The van der Waals surface area contributed by atoms with Crippen LogP contribution in [0, 0.1) is 0 Å². The molecule has 3 heterocycles. The number of carboxylic acids is 1. The molecule has 0 saturated heterocycles. The van der Waals surface area contributed by atoms with E-state index in [1.807, 2.05) is 0 Å². The van der Waals surface area contributed by atoms with Gasteiger partial charge < -0.3 is 14.5 Å². The third-order valence-corrected chi connectivity index (χ3v) is 3.71. The van der Waals surface area contributed by atoms with Gasteiger partial charge in [-0.1, -0.05) is 0 Å². The third kappa shape index (κ3) is 2.15. The average molecular weight is 276 g/mol. The summed E-state index contributed by atoms with van der Waals surface area (Å²) in [5.41, 5.74) is 0.974. The smallest absolute Gasteiger partial charge is 0.345 e. The number of H-pyrrole nitrogens is 1. The van der Waals surface area contributed by atoms with Crippen LogP contribution in [-0.4, -0.2) is 21.0 Å². The van der Waals surface area contributed by atoms with Crippen molar-refractivity contribution in [1.82, 2.24) is 9.97 Å². The second-order valence-corrected chi connectivity index (χ2v) is 5.00. The lowest BCUT2D eigenvalue weighted by Gasteiger charge is -1.97. The normalized spacial score (nSPS) is 10.9. The van der Waals surface area contributed by atoms with Gasteiger partial charge in [0, 0.05) is 6.42 Å².